The fourth-order valence-corrected chi connectivity index (χ4v) is 3.99. The van der Waals surface area contributed by atoms with Gasteiger partial charge in [0.05, 0.1) is 12.0 Å². The number of methoxy groups -OCH3 is 1. The van der Waals surface area contributed by atoms with Crippen LogP contribution >= 0.6 is 12.4 Å². The zero-order valence-corrected chi connectivity index (χ0v) is 15.2. The van der Waals surface area contributed by atoms with Crippen LogP contribution in [0.3, 0.4) is 0 Å². The summed E-state index contributed by atoms with van der Waals surface area (Å²) in [5, 5.41) is 14.1. The van der Waals surface area contributed by atoms with Crippen molar-refractivity contribution in [3.05, 3.63) is 28.3 Å². The second kappa shape index (κ2) is 8.11. The minimum Gasteiger partial charge on any atom is -0.495 e. The van der Waals surface area contributed by atoms with Crippen LogP contribution in [-0.2, 0) is 10.0 Å². The molecule has 136 valence electrons. The third-order valence-electron chi connectivity index (χ3n) is 4.02. The summed E-state index contributed by atoms with van der Waals surface area (Å²) in [6, 6.07) is 3.52. The summed E-state index contributed by atoms with van der Waals surface area (Å²) in [5.74, 6) is 0.0787. The molecule has 24 heavy (non-hydrogen) atoms. The number of nitrogens with one attached hydrogen (secondary N) is 2. The van der Waals surface area contributed by atoms with Crippen LogP contribution in [-0.4, -0.2) is 40.1 Å². The van der Waals surface area contributed by atoms with Crippen molar-refractivity contribution in [2.75, 3.05) is 26.7 Å². The van der Waals surface area contributed by atoms with Crippen LogP contribution in [0.25, 0.3) is 0 Å². The molecule has 1 fully saturated rings. The summed E-state index contributed by atoms with van der Waals surface area (Å²) in [5.41, 5.74) is -0.476. The Morgan fingerprint density at radius 3 is 2.71 bits per heavy atom. The highest BCUT2D eigenvalue weighted by atomic mass is 35.5. The van der Waals surface area contributed by atoms with Crippen LogP contribution in [0.5, 0.6) is 5.75 Å². The molecule has 8 nitrogen and oxygen atoms in total. The molecule has 0 bridgehead atoms. The minimum atomic E-state index is -3.90. The number of piperidine rings is 1. The van der Waals surface area contributed by atoms with Crippen molar-refractivity contribution in [1.82, 2.24) is 10.0 Å². The first-order valence-corrected chi connectivity index (χ1v) is 8.79. The summed E-state index contributed by atoms with van der Waals surface area (Å²) >= 11 is 0. The van der Waals surface area contributed by atoms with Crippen molar-refractivity contribution in [3.8, 4) is 5.75 Å². The molecular weight excluding hydrogens is 358 g/mol. The van der Waals surface area contributed by atoms with E-state index >= 15 is 0 Å². The number of sulfonamides is 1. The molecule has 1 unspecified atom stereocenters. The molecule has 1 aliphatic heterocycles. The van der Waals surface area contributed by atoms with Crippen molar-refractivity contribution in [3.63, 3.8) is 0 Å². The second-order valence-corrected chi connectivity index (χ2v) is 7.74. The zero-order valence-electron chi connectivity index (χ0n) is 13.6. The van der Waals surface area contributed by atoms with Crippen LogP contribution < -0.4 is 14.8 Å². The number of rotatable bonds is 6. The van der Waals surface area contributed by atoms with Crippen molar-refractivity contribution < 1.29 is 18.1 Å². The zero-order chi connectivity index (χ0) is 17.1. The van der Waals surface area contributed by atoms with Crippen LogP contribution in [0.1, 0.15) is 19.8 Å². The average molecular weight is 380 g/mol. The van der Waals surface area contributed by atoms with E-state index < -0.39 is 14.9 Å². The number of hydrogen-bond donors (Lipinski definition) is 2. The number of nitro benzene ring substituents is 1. The third kappa shape index (κ3) is 4.79. The monoisotopic (exact) mass is 379 g/mol. The highest BCUT2D eigenvalue weighted by molar-refractivity contribution is 7.89. The van der Waals surface area contributed by atoms with Crippen LogP contribution in [0.15, 0.2) is 23.1 Å². The Morgan fingerprint density at radius 2 is 2.17 bits per heavy atom. The highest BCUT2D eigenvalue weighted by Gasteiger charge is 2.30. The number of nitro groups is 1. The van der Waals surface area contributed by atoms with Gasteiger partial charge in [-0.15, -0.1) is 12.4 Å². The first-order valence-electron chi connectivity index (χ1n) is 7.30. The molecule has 0 aromatic heterocycles. The smallest absolute Gasteiger partial charge is 0.271 e. The number of halogens is 1. The lowest BCUT2D eigenvalue weighted by molar-refractivity contribution is -0.385. The van der Waals surface area contributed by atoms with E-state index in [1.165, 1.54) is 19.2 Å². The molecule has 0 radical (unpaired) electrons. The second-order valence-electron chi connectivity index (χ2n) is 6.01. The summed E-state index contributed by atoms with van der Waals surface area (Å²) < 4.78 is 32.7. The quantitative estimate of drug-likeness (QED) is 0.574. The molecule has 1 saturated heterocycles. The van der Waals surface area contributed by atoms with Crippen LogP contribution in [0, 0.1) is 15.5 Å². The summed E-state index contributed by atoms with van der Waals surface area (Å²) in [6.45, 7) is 3.92. The number of nitrogens with zero attached hydrogens (tertiary/aromatic N) is 1. The Kier molecular flexibility index (Phi) is 6.97. The normalized spacial score (nSPS) is 20.9. The van der Waals surface area contributed by atoms with Gasteiger partial charge < -0.3 is 10.1 Å². The van der Waals surface area contributed by atoms with E-state index in [2.05, 4.69) is 10.0 Å². The van der Waals surface area contributed by atoms with Crippen molar-refractivity contribution in [2.45, 2.75) is 24.7 Å². The average Bonchev–Trinajstić information content (AvgIpc) is 2.53. The maximum Gasteiger partial charge on any atom is 0.271 e. The van der Waals surface area contributed by atoms with Gasteiger partial charge in [0.1, 0.15) is 10.6 Å². The summed E-state index contributed by atoms with van der Waals surface area (Å²) in [7, 11) is -2.58. The largest absolute Gasteiger partial charge is 0.495 e. The Bertz CT molecular complexity index is 690. The van der Waals surface area contributed by atoms with Gasteiger partial charge in [-0.3, -0.25) is 10.1 Å². The first kappa shape index (κ1) is 20.6. The van der Waals surface area contributed by atoms with E-state index in [1.807, 2.05) is 6.92 Å². The SMILES string of the molecule is COc1ccc([N+](=O)[O-])cc1S(=O)(=O)NCC1(C)CCCNC1.Cl. The fourth-order valence-electron chi connectivity index (χ4n) is 2.61. The number of hydrogen-bond acceptors (Lipinski definition) is 6. The third-order valence-corrected chi connectivity index (χ3v) is 5.44. The maximum absolute atomic E-state index is 12.5. The van der Waals surface area contributed by atoms with E-state index in [-0.39, 0.29) is 40.7 Å². The minimum absolute atomic E-state index is 0. The van der Waals surface area contributed by atoms with E-state index in [4.69, 9.17) is 4.74 Å². The Hall–Kier alpha value is -1.42. The lowest BCUT2D eigenvalue weighted by Crippen LogP contribution is -2.45. The molecule has 0 saturated carbocycles. The molecule has 0 aliphatic carbocycles. The van der Waals surface area contributed by atoms with Gasteiger partial charge in [-0.2, -0.15) is 0 Å². The van der Waals surface area contributed by atoms with E-state index in [9.17, 15) is 18.5 Å². The van der Waals surface area contributed by atoms with Crippen molar-refractivity contribution in [2.24, 2.45) is 5.41 Å². The number of benzene rings is 1. The lowest BCUT2D eigenvalue weighted by Gasteiger charge is -2.34. The van der Waals surface area contributed by atoms with Gasteiger partial charge in [0, 0.05) is 25.2 Å². The van der Waals surface area contributed by atoms with Gasteiger partial charge in [-0.05, 0) is 30.9 Å². The van der Waals surface area contributed by atoms with E-state index in [0.717, 1.165) is 32.0 Å². The van der Waals surface area contributed by atoms with Gasteiger partial charge in [0.2, 0.25) is 10.0 Å². The van der Waals surface area contributed by atoms with Gasteiger partial charge in [-0.1, -0.05) is 6.92 Å². The molecule has 1 atom stereocenters. The van der Waals surface area contributed by atoms with Gasteiger partial charge in [0.15, 0.2) is 0 Å². The molecule has 1 aromatic rings. The van der Waals surface area contributed by atoms with Crippen molar-refractivity contribution in [1.29, 1.82) is 0 Å². The predicted octanol–water partition coefficient (Wildman–Crippen LogP) is 1.69. The van der Waals surface area contributed by atoms with Gasteiger partial charge in [0.25, 0.3) is 5.69 Å². The topological polar surface area (TPSA) is 111 Å². The maximum atomic E-state index is 12.5. The number of ether oxygens (including phenoxy) is 1. The Morgan fingerprint density at radius 1 is 1.46 bits per heavy atom. The molecule has 10 heteroatoms. The molecule has 1 aromatic carbocycles. The molecular formula is C14H22ClN3O5S. The Labute approximate surface area is 147 Å². The van der Waals surface area contributed by atoms with Crippen LogP contribution in [0.4, 0.5) is 5.69 Å². The molecule has 1 aliphatic rings. The van der Waals surface area contributed by atoms with Gasteiger partial charge in [-0.25, -0.2) is 13.1 Å². The predicted molar refractivity (Wildman–Crippen MR) is 92.3 cm³/mol. The molecule has 0 amide bonds. The number of non-ortho nitro benzene ring substituents is 1. The van der Waals surface area contributed by atoms with E-state index in [0.29, 0.717) is 0 Å². The van der Waals surface area contributed by atoms with Crippen molar-refractivity contribution >= 4 is 28.1 Å². The van der Waals surface area contributed by atoms with Crippen LogP contribution in [0.2, 0.25) is 0 Å². The standard InChI is InChI=1S/C14H21N3O5S.ClH/c1-14(6-3-7-15-9-14)10-16-23(20,21)13-8-11(17(18)19)4-5-12(13)22-2;/h4-5,8,15-16H,3,6-7,9-10H2,1-2H3;1H. The summed E-state index contributed by atoms with van der Waals surface area (Å²) in [6.07, 6.45) is 1.90. The summed E-state index contributed by atoms with van der Waals surface area (Å²) in [4.78, 5) is 10.0. The van der Waals surface area contributed by atoms with E-state index in [1.54, 1.807) is 0 Å². The molecule has 1 heterocycles. The Balaban J connectivity index is 0.00000288. The molecule has 0 spiro atoms. The van der Waals surface area contributed by atoms with Gasteiger partial charge >= 0.3 is 0 Å². The first-order chi connectivity index (χ1) is 10.8. The molecule has 2 rings (SSSR count). The molecule has 2 N–H and O–H groups in total. The lowest BCUT2D eigenvalue weighted by atomic mass is 9.83. The highest BCUT2D eigenvalue weighted by Crippen LogP contribution is 2.29. The fraction of sp³-hybridized carbons (Fsp3) is 0.571.